The van der Waals surface area contributed by atoms with Crippen LogP contribution in [0.5, 0.6) is 11.5 Å². The van der Waals surface area contributed by atoms with Gasteiger partial charge in [-0.25, -0.2) is 19.1 Å². The van der Waals surface area contributed by atoms with E-state index >= 15 is 0 Å². The van der Waals surface area contributed by atoms with Crippen LogP contribution in [0.4, 0.5) is 0 Å². The van der Waals surface area contributed by atoms with Gasteiger partial charge in [0, 0.05) is 28.1 Å². The molecule has 3 aromatic heterocycles. The van der Waals surface area contributed by atoms with Crippen LogP contribution in [0.15, 0.2) is 61.3 Å². The first-order chi connectivity index (χ1) is 16.7. The number of hydrogen-bond acceptors (Lipinski definition) is 7. The van der Waals surface area contributed by atoms with Gasteiger partial charge >= 0.3 is 11.3 Å². The van der Waals surface area contributed by atoms with Crippen molar-refractivity contribution < 1.29 is 14.3 Å². The molecule has 3 heterocycles. The van der Waals surface area contributed by atoms with Crippen molar-refractivity contribution in [3.8, 4) is 28.4 Å². The number of phenolic OH excluding ortho intramolecular Hbond substituents is 1. The number of ether oxygens (including phenoxy) is 1. The van der Waals surface area contributed by atoms with Gasteiger partial charge in [0.15, 0.2) is 5.65 Å². The van der Waals surface area contributed by atoms with Crippen molar-refractivity contribution >= 4 is 22.0 Å². The van der Waals surface area contributed by atoms with E-state index in [9.17, 15) is 19.5 Å². The number of aromatic hydroxyl groups is 1. The number of aryl methyl sites for hydroxylation is 2. The van der Waals surface area contributed by atoms with Crippen LogP contribution in [-0.4, -0.2) is 26.8 Å². The molecule has 5 rings (SSSR count). The number of benzene rings is 2. The Balaban J connectivity index is 1.85. The van der Waals surface area contributed by atoms with Gasteiger partial charge in [0.05, 0.1) is 23.9 Å². The smallest absolute Gasteiger partial charge is 0.339 e. The molecule has 0 bridgehead atoms. The molecule has 0 fully saturated rings. The molecule has 0 unspecified atom stereocenters. The van der Waals surface area contributed by atoms with Gasteiger partial charge in [-0.15, -0.1) is 0 Å². The Morgan fingerprint density at radius 2 is 1.74 bits per heavy atom. The number of nitrogens with one attached hydrogen (secondary N) is 1. The molecule has 0 atom stereocenters. The maximum Gasteiger partial charge on any atom is 0.339 e. The second-order valence-corrected chi connectivity index (χ2v) is 8.28. The number of aromatic amines is 1. The van der Waals surface area contributed by atoms with Crippen molar-refractivity contribution in [2.24, 2.45) is 0 Å². The number of phenols is 1. The van der Waals surface area contributed by atoms with E-state index in [1.54, 1.807) is 56.3 Å². The highest BCUT2D eigenvalue weighted by molar-refractivity contribution is 5.92. The van der Waals surface area contributed by atoms with Gasteiger partial charge in [-0.2, -0.15) is 0 Å². The Morgan fingerprint density at radius 3 is 2.49 bits per heavy atom. The third-order valence-corrected chi connectivity index (χ3v) is 6.29. The molecular formula is C26H21N3O6. The lowest BCUT2D eigenvalue weighted by Crippen LogP contribution is -2.29. The molecule has 0 saturated heterocycles. The first-order valence-corrected chi connectivity index (χ1v) is 10.8. The lowest BCUT2D eigenvalue weighted by atomic mass is 9.98. The first-order valence-electron chi connectivity index (χ1n) is 10.8. The molecule has 2 aromatic carbocycles. The standard InChI is InChI=1S/C26H21N3O6/c1-12-13(2)25(32)35-22-14(3)21(30)19(11-18(12)22)20-9-8-17-23(27-20)29(26(33)28-24(17)31)15-6-5-7-16(10-15)34-4/h5-11,30H,1-4H3,(H,28,31,33). The zero-order chi connectivity index (χ0) is 25.0. The molecule has 0 amide bonds. The van der Waals surface area contributed by atoms with E-state index in [-0.39, 0.29) is 16.8 Å². The van der Waals surface area contributed by atoms with Crippen molar-refractivity contribution in [1.29, 1.82) is 0 Å². The highest BCUT2D eigenvalue weighted by Crippen LogP contribution is 2.38. The number of hydrogen-bond donors (Lipinski definition) is 2. The summed E-state index contributed by atoms with van der Waals surface area (Å²) < 4.78 is 12.0. The normalized spacial score (nSPS) is 11.3. The topological polar surface area (TPSA) is 127 Å². The Hall–Kier alpha value is -4.66. The Morgan fingerprint density at radius 1 is 0.971 bits per heavy atom. The predicted octanol–water partition coefficient (Wildman–Crippen LogP) is 3.49. The van der Waals surface area contributed by atoms with E-state index in [4.69, 9.17) is 9.15 Å². The molecule has 0 radical (unpaired) electrons. The maximum absolute atomic E-state index is 12.8. The van der Waals surface area contributed by atoms with E-state index in [1.807, 2.05) is 6.92 Å². The molecule has 9 heteroatoms. The van der Waals surface area contributed by atoms with Crippen LogP contribution in [0, 0.1) is 20.8 Å². The quantitative estimate of drug-likeness (QED) is 0.386. The summed E-state index contributed by atoms with van der Waals surface area (Å²) in [4.78, 5) is 44.5. The third-order valence-electron chi connectivity index (χ3n) is 6.29. The average molecular weight is 471 g/mol. The number of rotatable bonds is 3. The average Bonchev–Trinajstić information content (AvgIpc) is 2.85. The molecular weight excluding hydrogens is 450 g/mol. The molecule has 0 aliphatic carbocycles. The van der Waals surface area contributed by atoms with Crippen LogP contribution in [0.1, 0.15) is 16.7 Å². The highest BCUT2D eigenvalue weighted by atomic mass is 16.5. The number of fused-ring (bicyclic) bond motifs is 2. The van der Waals surface area contributed by atoms with E-state index < -0.39 is 16.9 Å². The molecule has 0 aliphatic rings. The van der Waals surface area contributed by atoms with Crippen molar-refractivity contribution in [2.45, 2.75) is 20.8 Å². The summed E-state index contributed by atoms with van der Waals surface area (Å²) in [5, 5.41) is 11.8. The van der Waals surface area contributed by atoms with Gasteiger partial charge in [0.25, 0.3) is 5.56 Å². The summed E-state index contributed by atoms with van der Waals surface area (Å²) in [6.45, 7) is 5.13. The van der Waals surface area contributed by atoms with Gasteiger partial charge < -0.3 is 14.3 Å². The molecule has 0 aliphatic heterocycles. The fourth-order valence-electron chi connectivity index (χ4n) is 4.17. The number of aromatic nitrogens is 3. The fourth-order valence-corrected chi connectivity index (χ4v) is 4.17. The minimum Gasteiger partial charge on any atom is -0.507 e. The van der Waals surface area contributed by atoms with Gasteiger partial charge in [-0.3, -0.25) is 9.78 Å². The number of methoxy groups -OCH3 is 1. The van der Waals surface area contributed by atoms with Crippen molar-refractivity contribution in [1.82, 2.24) is 14.5 Å². The number of nitrogens with zero attached hydrogens (tertiary/aromatic N) is 2. The van der Waals surface area contributed by atoms with Gasteiger partial charge in [0.2, 0.25) is 0 Å². The summed E-state index contributed by atoms with van der Waals surface area (Å²) in [6.07, 6.45) is 0. The minimum atomic E-state index is -0.660. The molecule has 5 aromatic rings. The zero-order valence-electron chi connectivity index (χ0n) is 19.4. The van der Waals surface area contributed by atoms with Crippen LogP contribution >= 0.6 is 0 Å². The SMILES string of the molecule is COc1cccc(-n2c(=O)[nH]c(=O)c3ccc(-c4cc5c(C)c(C)c(=O)oc5c(C)c4O)nc32)c1. The summed E-state index contributed by atoms with van der Waals surface area (Å²) in [5.74, 6) is 0.413. The third kappa shape index (κ3) is 3.40. The van der Waals surface area contributed by atoms with Gasteiger partial charge in [0.1, 0.15) is 17.1 Å². The largest absolute Gasteiger partial charge is 0.507 e. The lowest BCUT2D eigenvalue weighted by Gasteiger charge is -2.14. The van der Waals surface area contributed by atoms with Crippen molar-refractivity contribution in [3.63, 3.8) is 0 Å². The number of pyridine rings is 1. The summed E-state index contributed by atoms with van der Waals surface area (Å²) in [7, 11) is 1.51. The highest BCUT2D eigenvalue weighted by Gasteiger charge is 2.19. The molecule has 35 heavy (non-hydrogen) atoms. The molecule has 9 nitrogen and oxygen atoms in total. The second-order valence-electron chi connectivity index (χ2n) is 8.28. The van der Waals surface area contributed by atoms with Gasteiger partial charge in [-0.05, 0) is 56.7 Å². The van der Waals surface area contributed by atoms with E-state index in [2.05, 4.69) is 9.97 Å². The van der Waals surface area contributed by atoms with E-state index in [0.29, 0.717) is 44.8 Å². The molecule has 0 spiro atoms. The molecule has 0 saturated carbocycles. The lowest BCUT2D eigenvalue weighted by molar-refractivity contribution is 0.414. The van der Waals surface area contributed by atoms with E-state index in [1.165, 1.54) is 11.7 Å². The second kappa shape index (κ2) is 7.98. The maximum atomic E-state index is 12.8. The predicted molar refractivity (Wildman–Crippen MR) is 132 cm³/mol. The van der Waals surface area contributed by atoms with Crippen LogP contribution in [-0.2, 0) is 0 Å². The van der Waals surface area contributed by atoms with Crippen LogP contribution < -0.4 is 21.6 Å². The van der Waals surface area contributed by atoms with Crippen molar-refractivity contribution in [3.05, 3.63) is 90.4 Å². The fraction of sp³-hybridized carbons (Fsp3) is 0.154. The van der Waals surface area contributed by atoms with E-state index in [0.717, 1.165) is 5.56 Å². The molecule has 2 N–H and O–H groups in total. The minimum absolute atomic E-state index is 0.115. The zero-order valence-corrected chi connectivity index (χ0v) is 19.4. The Labute approximate surface area is 197 Å². The summed E-state index contributed by atoms with van der Waals surface area (Å²) in [5.41, 5.74) is 1.47. The number of H-pyrrole nitrogens is 1. The summed E-state index contributed by atoms with van der Waals surface area (Å²) >= 11 is 0. The van der Waals surface area contributed by atoms with Crippen molar-refractivity contribution in [2.75, 3.05) is 7.11 Å². The Kier molecular flexibility index (Phi) is 5.05. The summed E-state index contributed by atoms with van der Waals surface area (Å²) in [6, 6.07) is 11.6. The monoisotopic (exact) mass is 471 g/mol. The van der Waals surface area contributed by atoms with Crippen LogP contribution in [0.3, 0.4) is 0 Å². The van der Waals surface area contributed by atoms with Crippen LogP contribution in [0.25, 0.3) is 38.9 Å². The van der Waals surface area contributed by atoms with Gasteiger partial charge in [-0.1, -0.05) is 6.07 Å². The molecule has 176 valence electrons. The van der Waals surface area contributed by atoms with Crippen LogP contribution in [0.2, 0.25) is 0 Å². The Bertz CT molecular complexity index is 1850. The first kappa shape index (κ1) is 22.1.